The van der Waals surface area contributed by atoms with E-state index in [1.165, 1.54) is 0 Å². The van der Waals surface area contributed by atoms with Gasteiger partial charge in [0, 0.05) is 50.8 Å². The molecule has 0 unspecified atom stereocenters. The van der Waals surface area contributed by atoms with Crippen LogP contribution >= 0.6 is 11.6 Å². The highest BCUT2D eigenvalue weighted by Gasteiger charge is 2.23. The Bertz CT molecular complexity index is 526. The van der Waals surface area contributed by atoms with E-state index in [-0.39, 0.29) is 5.91 Å². The second kappa shape index (κ2) is 8.11. The summed E-state index contributed by atoms with van der Waals surface area (Å²) in [5.41, 5.74) is 1.15. The van der Waals surface area contributed by atoms with Crippen molar-refractivity contribution in [2.45, 2.75) is 6.54 Å². The third kappa shape index (κ3) is 4.67. The van der Waals surface area contributed by atoms with E-state index in [4.69, 9.17) is 16.3 Å². The van der Waals surface area contributed by atoms with Crippen LogP contribution in [0.15, 0.2) is 24.3 Å². The van der Waals surface area contributed by atoms with Crippen molar-refractivity contribution in [3.05, 3.63) is 34.9 Å². The SMILES string of the molecule is O=C(CN1CCOCC1)N1CCN(Cc2ccccc2Cl)CC1. The van der Waals surface area contributed by atoms with Crippen molar-refractivity contribution in [2.24, 2.45) is 0 Å². The Hall–Kier alpha value is -1.14. The Morgan fingerprint density at radius 3 is 2.39 bits per heavy atom. The number of benzene rings is 1. The molecule has 3 rings (SSSR count). The van der Waals surface area contributed by atoms with Gasteiger partial charge in [-0.25, -0.2) is 0 Å². The highest BCUT2D eigenvalue weighted by atomic mass is 35.5. The maximum absolute atomic E-state index is 12.4. The van der Waals surface area contributed by atoms with Crippen LogP contribution in [0.5, 0.6) is 0 Å². The lowest BCUT2D eigenvalue weighted by molar-refractivity contribution is -0.135. The van der Waals surface area contributed by atoms with Crippen molar-refractivity contribution in [1.82, 2.24) is 14.7 Å². The van der Waals surface area contributed by atoms with Crippen LogP contribution in [0.1, 0.15) is 5.56 Å². The molecule has 2 aliphatic rings. The Balaban J connectivity index is 1.44. The zero-order valence-corrected chi connectivity index (χ0v) is 14.2. The van der Waals surface area contributed by atoms with Crippen LogP contribution in [0.25, 0.3) is 0 Å². The Kier molecular flexibility index (Phi) is 5.89. The Morgan fingerprint density at radius 2 is 1.70 bits per heavy atom. The third-order valence-electron chi connectivity index (χ3n) is 4.54. The van der Waals surface area contributed by atoms with Gasteiger partial charge in [-0.15, -0.1) is 0 Å². The maximum Gasteiger partial charge on any atom is 0.236 e. The van der Waals surface area contributed by atoms with E-state index in [0.29, 0.717) is 6.54 Å². The molecule has 1 aromatic rings. The van der Waals surface area contributed by atoms with Crippen LogP contribution in [0.3, 0.4) is 0 Å². The van der Waals surface area contributed by atoms with E-state index >= 15 is 0 Å². The molecule has 126 valence electrons. The van der Waals surface area contributed by atoms with Gasteiger partial charge in [-0.2, -0.15) is 0 Å². The molecule has 6 heteroatoms. The number of morpholine rings is 1. The molecule has 2 saturated heterocycles. The van der Waals surface area contributed by atoms with Gasteiger partial charge in [0.1, 0.15) is 0 Å². The molecule has 0 spiro atoms. The number of rotatable bonds is 4. The summed E-state index contributed by atoms with van der Waals surface area (Å²) in [4.78, 5) is 18.9. The van der Waals surface area contributed by atoms with E-state index in [9.17, 15) is 4.79 Å². The molecule has 2 fully saturated rings. The Morgan fingerprint density at radius 1 is 1.00 bits per heavy atom. The molecule has 0 aliphatic carbocycles. The van der Waals surface area contributed by atoms with Crippen molar-refractivity contribution >= 4 is 17.5 Å². The zero-order chi connectivity index (χ0) is 16.1. The zero-order valence-electron chi connectivity index (χ0n) is 13.4. The van der Waals surface area contributed by atoms with Crippen LogP contribution in [0, 0.1) is 0 Å². The second-order valence-corrected chi connectivity index (χ2v) is 6.54. The van der Waals surface area contributed by atoms with Gasteiger partial charge in [-0.3, -0.25) is 14.6 Å². The van der Waals surface area contributed by atoms with Gasteiger partial charge in [-0.05, 0) is 11.6 Å². The molecule has 1 amide bonds. The summed E-state index contributed by atoms with van der Waals surface area (Å²) in [7, 11) is 0. The van der Waals surface area contributed by atoms with Crippen molar-refractivity contribution in [2.75, 3.05) is 59.0 Å². The average Bonchev–Trinajstić information content (AvgIpc) is 2.58. The molecule has 0 atom stereocenters. The topological polar surface area (TPSA) is 36.0 Å². The van der Waals surface area contributed by atoms with Gasteiger partial charge in [0.25, 0.3) is 0 Å². The summed E-state index contributed by atoms with van der Waals surface area (Å²) >= 11 is 6.22. The Labute approximate surface area is 142 Å². The van der Waals surface area contributed by atoms with Crippen molar-refractivity contribution in [3.8, 4) is 0 Å². The molecule has 1 aromatic carbocycles. The van der Waals surface area contributed by atoms with E-state index in [1.807, 2.05) is 23.1 Å². The van der Waals surface area contributed by atoms with E-state index in [1.54, 1.807) is 0 Å². The first-order chi connectivity index (χ1) is 11.2. The minimum absolute atomic E-state index is 0.240. The minimum atomic E-state index is 0.240. The third-order valence-corrected chi connectivity index (χ3v) is 4.91. The van der Waals surface area contributed by atoms with Gasteiger partial charge in [0.05, 0.1) is 19.8 Å². The first-order valence-electron chi connectivity index (χ1n) is 8.26. The fraction of sp³-hybridized carbons (Fsp3) is 0.588. The largest absolute Gasteiger partial charge is 0.379 e. The van der Waals surface area contributed by atoms with Gasteiger partial charge < -0.3 is 9.64 Å². The molecule has 2 aliphatic heterocycles. The summed E-state index contributed by atoms with van der Waals surface area (Å²) < 4.78 is 5.32. The molecular weight excluding hydrogens is 314 g/mol. The van der Waals surface area contributed by atoms with Gasteiger partial charge in [0.15, 0.2) is 0 Å². The van der Waals surface area contributed by atoms with Gasteiger partial charge >= 0.3 is 0 Å². The lowest BCUT2D eigenvalue weighted by Crippen LogP contribution is -2.52. The summed E-state index contributed by atoms with van der Waals surface area (Å²) in [5.74, 6) is 0.240. The molecule has 5 nitrogen and oxygen atoms in total. The van der Waals surface area contributed by atoms with Crippen LogP contribution in [-0.2, 0) is 16.1 Å². The normalized spacial score (nSPS) is 20.7. The number of halogens is 1. The standard InChI is InChI=1S/C17H24ClN3O2/c18-16-4-2-1-3-15(16)13-19-5-7-21(8-6-19)17(22)14-20-9-11-23-12-10-20/h1-4H,5-14H2. The van der Waals surface area contributed by atoms with Crippen molar-refractivity contribution in [1.29, 1.82) is 0 Å². The summed E-state index contributed by atoms with van der Waals surface area (Å²) in [6.45, 7) is 7.97. The number of hydrogen-bond acceptors (Lipinski definition) is 4. The molecule has 23 heavy (non-hydrogen) atoms. The molecule has 0 radical (unpaired) electrons. The molecule has 0 N–H and O–H groups in total. The lowest BCUT2D eigenvalue weighted by atomic mass is 10.2. The number of amides is 1. The monoisotopic (exact) mass is 337 g/mol. The molecule has 0 bridgehead atoms. The highest BCUT2D eigenvalue weighted by molar-refractivity contribution is 6.31. The van der Waals surface area contributed by atoms with E-state index < -0.39 is 0 Å². The lowest BCUT2D eigenvalue weighted by Gasteiger charge is -2.36. The number of nitrogens with zero attached hydrogens (tertiary/aromatic N) is 3. The maximum atomic E-state index is 12.4. The van der Waals surface area contributed by atoms with E-state index in [0.717, 1.165) is 69.6 Å². The second-order valence-electron chi connectivity index (χ2n) is 6.14. The van der Waals surface area contributed by atoms with Gasteiger partial charge in [-0.1, -0.05) is 29.8 Å². The number of carbonyl (C=O) groups excluding carboxylic acids is 1. The number of ether oxygens (including phenoxy) is 1. The highest BCUT2D eigenvalue weighted by Crippen LogP contribution is 2.18. The number of carbonyl (C=O) groups is 1. The fourth-order valence-corrected chi connectivity index (χ4v) is 3.27. The van der Waals surface area contributed by atoms with Crippen LogP contribution in [-0.4, -0.2) is 79.6 Å². The summed E-state index contributed by atoms with van der Waals surface area (Å²) in [6, 6.07) is 7.97. The van der Waals surface area contributed by atoms with Crippen LogP contribution in [0.4, 0.5) is 0 Å². The quantitative estimate of drug-likeness (QED) is 0.830. The number of piperazine rings is 1. The molecule has 0 saturated carbocycles. The average molecular weight is 338 g/mol. The predicted molar refractivity (Wildman–Crippen MR) is 90.6 cm³/mol. The first kappa shape index (κ1) is 16.7. The van der Waals surface area contributed by atoms with Crippen LogP contribution in [0.2, 0.25) is 5.02 Å². The summed E-state index contributed by atoms with van der Waals surface area (Å²) in [5, 5.41) is 0.818. The van der Waals surface area contributed by atoms with Crippen molar-refractivity contribution < 1.29 is 9.53 Å². The predicted octanol–water partition coefficient (Wildman–Crippen LogP) is 1.32. The molecular formula is C17H24ClN3O2. The minimum Gasteiger partial charge on any atom is -0.379 e. The number of hydrogen-bond donors (Lipinski definition) is 0. The van der Waals surface area contributed by atoms with E-state index in [2.05, 4.69) is 15.9 Å². The smallest absolute Gasteiger partial charge is 0.236 e. The van der Waals surface area contributed by atoms with Crippen LogP contribution < -0.4 is 0 Å². The molecule has 2 heterocycles. The first-order valence-corrected chi connectivity index (χ1v) is 8.64. The van der Waals surface area contributed by atoms with Gasteiger partial charge in [0.2, 0.25) is 5.91 Å². The fourth-order valence-electron chi connectivity index (χ4n) is 3.07. The molecule has 0 aromatic heterocycles. The summed E-state index contributed by atoms with van der Waals surface area (Å²) in [6.07, 6.45) is 0. The van der Waals surface area contributed by atoms with Crippen molar-refractivity contribution in [3.63, 3.8) is 0 Å².